The Morgan fingerprint density at radius 2 is 1.85 bits per heavy atom. The van der Waals surface area contributed by atoms with Crippen LogP contribution < -0.4 is 0 Å². The van der Waals surface area contributed by atoms with E-state index in [0.717, 1.165) is 4.90 Å². The van der Waals surface area contributed by atoms with Crippen LogP contribution in [0.3, 0.4) is 0 Å². The number of hydrogen-bond donors (Lipinski definition) is 2. The topological polar surface area (TPSA) is 60.8 Å². The van der Waals surface area contributed by atoms with Crippen LogP contribution in [0.5, 0.6) is 0 Å². The monoisotopic (exact) mass is 485 g/mol. The van der Waals surface area contributed by atoms with Crippen LogP contribution in [0, 0.1) is 0 Å². The van der Waals surface area contributed by atoms with Gasteiger partial charge in [-0.2, -0.15) is 0 Å². The Balaban J connectivity index is 1.82. The second kappa shape index (κ2) is 8.78. The number of rotatable bonds is 5. The van der Waals surface area contributed by atoms with Gasteiger partial charge in [0.25, 0.3) is 0 Å². The van der Waals surface area contributed by atoms with Gasteiger partial charge in [-0.1, -0.05) is 46.4 Å². The van der Waals surface area contributed by atoms with E-state index in [0.29, 0.717) is 20.0 Å². The predicted molar refractivity (Wildman–Crippen MR) is 113 cm³/mol. The van der Waals surface area contributed by atoms with E-state index in [-0.39, 0.29) is 18.1 Å². The molecule has 0 aromatic heterocycles. The summed E-state index contributed by atoms with van der Waals surface area (Å²) in [5.41, 5.74) is -1.43. The average Bonchev–Trinajstić information content (AvgIpc) is 2.95. The maximum Gasteiger partial charge on any atom is 0.129 e. The van der Waals surface area contributed by atoms with Gasteiger partial charge < -0.3 is 10.2 Å². The van der Waals surface area contributed by atoms with Crippen molar-refractivity contribution < 1.29 is 14.4 Å². The summed E-state index contributed by atoms with van der Waals surface area (Å²) < 4.78 is 14.5. The lowest BCUT2D eigenvalue weighted by Gasteiger charge is -2.26. The zero-order valence-electron chi connectivity index (χ0n) is 13.7. The first-order valence-corrected chi connectivity index (χ1v) is 11.3. The molecule has 2 aromatic carbocycles. The molecule has 10 heteroatoms. The van der Waals surface area contributed by atoms with Gasteiger partial charge in [0, 0.05) is 23.0 Å². The third-order valence-electron chi connectivity index (χ3n) is 4.18. The molecule has 27 heavy (non-hydrogen) atoms. The summed E-state index contributed by atoms with van der Waals surface area (Å²) >= 11 is 25.4. The van der Waals surface area contributed by atoms with Gasteiger partial charge in [-0.25, -0.2) is 8.51 Å². The maximum atomic E-state index is 12.9. The van der Waals surface area contributed by atoms with Crippen LogP contribution in [0.4, 0.5) is 0 Å². The van der Waals surface area contributed by atoms with Gasteiger partial charge in [0.1, 0.15) is 16.6 Å². The van der Waals surface area contributed by atoms with Crippen molar-refractivity contribution in [3.8, 4) is 0 Å². The molecule has 3 rings (SSSR count). The molecule has 4 nitrogen and oxygen atoms in total. The number of hydrogen-bond acceptors (Lipinski definition) is 4. The fraction of sp³-hybridized carbons (Fsp3) is 0.294. The van der Waals surface area contributed by atoms with Crippen LogP contribution in [0.2, 0.25) is 20.1 Å². The minimum atomic E-state index is -1.60. The number of benzene rings is 2. The van der Waals surface area contributed by atoms with Crippen molar-refractivity contribution in [2.24, 2.45) is 0 Å². The van der Waals surface area contributed by atoms with Gasteiger partial charge in [-0.3, -0.25) is 0 Å². The van der Waals surface area contributed by atoms with E-state index < -0.39 is 28.4 Å². The molecule has 0 amide bonds. The first kappa shape index (κ1) is 21.7. The van der Waals surface area contributed by atoms with Gasteiger partial charge in [0.2, 0.25) is 0 Å². The lowest BCUT2D eigenvalue weighted by Crippen LogP contribution is -2.43. The van der Waals surface area contributed by atoms with E-state index >= 15 is 0 Å². The van der Waals surface area contributed by atoms with Crippen LogP contribution in [0.25, 0.3) is 0 Å². The minimum Gasteiger partial charge on any atom is -0.393 e. The molecule has 1 heterocycles. The fourth-order valence-corrected chi connectivity index (χ4v) is 6.38. The molecule has 146 valence electrons. The summed E-state index contributed by atoms with van der Waals surface area (Å²) in [5, 5.41) is 21.8. The van der Waals surface area contributed by atoms with Crippen molar-refractivity contribution in [3.63, 3.8) is 0 Å². The molecule has 1 fully saturated rings. The Hall–Kier alpha value is -0.0200. The highest BCUT2D eigenvalue weighted by Crippen LogP contribution is 2.39. The first-order valence-electron chi connectivity index (χ1n) is 7.80. The molecule has 0 spiro atoms. The number of aliphatic hydroxyl groups is 2. The number of β-amino-alcohol motifs (C(OH)–C–C–N with tert-alkyl or cyclic N) is 1. The van der Waals surface area contributed by atoms with Crippen LogP contribution in [0.15, 0.2) is 46.2 Å². The van der Waals surface area contributed by atoms with Crippen LogP contribution in [-0.4, -0.2) is 49.3 Å². The zero-order valence-corrected chi connectivity index (χ0v) is 18.4. The Morgan fingerprint density at radius 3 is 2.48 bits per heavy atom. The third kappa shape index (κ3) is 4.77. The minimum absolute atomic E-state index is 0.0358. The van der Waals surface area contributed by atoms with Crippen molar-refractivity contribution >= 4 is 69.2 Å². The number of thioether (sulfide) groups is 1. The normalized spacial score (nSPS) is 24.3. The van der Waals surface area contributed by atoms with E-state index in [1.165, 1.54) is 17.8 Å². The van der Waals surface area contributed by atoms with Crippen LogP contribution >= 0.6 is 58.2 Å². The highest BCUT2D eigenvalue weighted by Gasteiger charge is 2.47. The van der Waals surface area contributed by atoms with E-state index in [9.17, 15) is 14.4 Å². The molecule has 0 saturated carbocycles. The Labute approximate surface area is 184 Å². The van der Waals surface area contributed by atoms with Crippen molar-refractivity contribution in [2.75, 3.05) is 19.7 Å². The Morgan fingerprint density at radius 1 is 1.11 bits per heavy atom. The average molecular weight is 487 g/mol. The second-order valence-corrected chi connectivity index (χ2v) is 10.5. The molecule has 2 aromatic rings. The van der Waals surface area contributed by atoms with Gasteiger partial charge in [0.15, 0.2) is 0 Å². The van der Waals surface area contributed by atoms with E-state index in [2.05, 4.69) is 0 Å². The highest BCUT2D eigenvalue weighted by molar-refractivity contribution is 8.00. The standard InChI is InChI=1S/C17H15Cl4NO3S2/c18-10-1-4-15(14(21)5-10)27(25)22-7-16(17(24,8-22)9-23)26-11-2-3-12(19)13(20)6-11/h1-6,16,23-24H,7-9H2/t16-,17?,27?/m0/s1. The molecule has 0 aliphatic carbocycles. The molecule has 1 aliphatic rings. The summed E-state index contributed by atoms with van der Waals surface area (Å²) in [6.45, 7) is -0.143. The van der Waals surface area contributed by atoms with Gasteiger partial charge in [0.05, 0.1) is 31.8 Å². The Bertz CT molecular complexity index is 885. The van der Waals surface area contributed by atoms with E-state index in [1.54, 1.807) is 34.6 Å². The van der Waals surface area contributed by atoms with Crippen molar-refractivity contribution in [3.05, 3.63) is 56.5 Å². The van der Waals surface area contributed by atoms with Crippen molar-refractivity contribution in [1.29, 1.82) is 0 Å². The third-order valence-corrected chi connectivity index (χ3v) is 8.46. The van der Waals surface area contributed by atoms with Gasteiger partial charge in [-0.05, 0) is 36.4 Å². The fourth-order valence-electron chi connectivity index (χ4n) is 2.72. The molecule has 1 saturated heterocycles. The number of nitrogens with zero attached hydrogens (tertiary/aromatic N) is 1. The highest BCUT2D eigenvalue weighted by atomic mass is 35.5. The smallest absolute Gasteiger partial charge is 0.129 e. The maximum absolute atomic E-state index is 12.9. The quantitative estimate of drug-likeness (QED) is 0.652. The van der Waals surface area contributed by atoms with E-state index in [1.807, 2.05) is 0 Å². The van der Waals surface area contributed by atoms with Crippen molar-refractivity contribution in [2.45, 2.75) is 20.6 Å². The summed E-state index contributed by atoms with van der Waals surface area (Å²) in [4.78, 5) is 1.19. The van der Waals surface area contributed by atoms with E-state index in [4.69, 9.17) is 46.4 Å². The van der Waals surface area contributed by atoms with Gasteiger partial charge in [-0.15, -0.1) is 11.8 Å². The number of aliphatic hydroxyl groups excluding tert-OH is 1. The first-order chi connectivity index (χ1) is 12.7. The lowest BCUT2D eigenvalue weighted by atomic mass is 10.1. The molecule has 0 bridgehead atoms. The van der Waals surface area contributed by atoms with Crippen molar-refractivity contribution in [1.82, 2.24) is 4.31 Å². The molecular weight excluding hydrogens is 472 g/mol. The summed E-state index contributed by atoms with van der Waals surface area (Å²) in [6, 6.07) is 9.87. The molecule has 3 atom stereocenters. The predicted octanol–water partition coefficient (Wildman–Crippen LogP) is 4.52. The molecule has 1 aliphatic heterocycles. The SMILES string of the molecule is O=S(c1ccc(Cl)cc1Cl)N1C[C@H](Sc2ccc(Cl)c(Cl)c2)C(O)(CO)C1. The van der Waals surface area contributed by atoms with Crippen LogP contribution in [-0.2, 0) is 11.0 Å². The van der Waals surface area contributed by atoms with Crippen LogP contribution in [0.1, 0.15) is 0 Å². The summed E-state index contributed by atoms with van der Waals surface area (Å²) in [6.07, 6.45) is 0. The summed E-state index contributed by atoms with van der Waals surface area (Å²) in [5.74, 6) is 0. The lowest BCUT2D eigenvalue weighted by molar-refractivity contribution is 0.00344. The number of halogens is 4. The Kier molecular flexibility index (Phi) is 7.05. The molecule has 2 N–H and O–H groups in total. The zero-order chi connectivity index (χ0) is 19.8. The largest absolute Gasteiger partial charge is 0.393 e. The second-order valence-electron chi connectivity index (χ2n) is 6.09. The molecular formula is C17H15Cl4NO3S2. The summed E-state index contributed by atoms with van der Waals surface area (Å²) in [7, 11) is -1.60. The molecule has 2 unspecified atom stereocenters. The van der Waals surface area contributed by atoms with Gasteiger partial charge >= 0.3 is 0 Å². The molecule has 0 radical (unpaired) electrons.